The molecule has 0 aliphatic heterocycles. The summed E-state index contributed by atoms with van der Waals surface area (Å²) >= 11 is 0. The SMILES string of the molecule is CC(C)C[C@@](N)(CCc1cnccn1)NCc1ccc(N(C)C)cc1. The Hall–Kier alpha value is -1.98. The molecule has 0 spiro atoms. The second-order valence-electron chi connectivity index (χ2n) is 7.37. The first-order valence-electron chi connectivity index (χ1n) is 8.93. The highest BCUT2D eigenvalue weighted by Crippen LogP contribution is 2.19. The minimum atomic E-state index is -0.411. The van der Waals surface area contributed by atoms with E-state index in [1.54, 1.807) is 12.4 Å². The molecule has 2 aromatic rings. The maximum Gasteiger partial charge on any atom is 0.0670 e. The van der Waals surface area contributed by atoms with Gasteiger partial charge >= 0.3 is 0 Å². The van der Waals surface area contributed by atoms with Crippen molar-refractivity contribution in [1.82, 2.24) is 15.3 Å². The van der Waals surface area contributed by atoms with Crippen LogP contribution in [0.2, 0.25) is 0 Å². The number of rotatable bonds is 9. The molecule has 0 fully saturated rings. The maximum absolute atomic E-state index is 6.71. The van der Waals surface area contributed by atoms with Crippen molar-refractivity contribution in [2.75, 3.05) is 19.0 Å². The summed E-state index contributed by atoms with van der Waals surface area (Å²) < 4.78 is 0. The van der Waals surface area contributed by atoms with E-state index >= 15 is 0 Å². The van der Waals surface area contributed by atoms with E-state index < -0.39 is 5.66 Å². The normalized spacial score (nSPS) is 13.7. The quantitative estimate of drug-likeness (QED) is 0.686. The Morgan fingerprint density at radius 2 is 1.88 bits per heavy atom. The number of hydrogen-bond acceptors (Lipinski definition) is 5. The van der Waals surface area contributed by atoms with Gasteiger partial charge in [0.1, 0.15) is 0 Å². The van der Waals surface area contributed by atoms with Crippen molar-refractivity contribution in [3.8, 4) is 0 Å². The van der Waals surface area contributed by atoms with Crippen LogP contribution >= 0.6 is 0 Å². The lowest BCUT2D eigenvalue weighted by Gasteiger charge is -2.33. The molecule has 136 valence electrons. The number of hydrogen-bond donors (Lipinski definition) is 2. The zero-order valence-electron chi connectivity index (χ0n) is 15.9. The summed E-state index contributed by atoms with van der Waals surface area (Å²) in [6.45, 7) is 5.17. The van der Waals surface area contributed by atoms with Gasteiger partial charge in [0.2, 0.25) is 0 Å². The van der Waals surface area contributed by atoms with Crippen LogP contribution < -0.4 is 16.0 Å². The number of benzene rings is 1. The van der Waals surface area contributed by atoms with E-state index in [9.17, 15) is 0 Å². The third-order valence-corrected chi connectivity index (χ3v) is 4.31. The lowest BCUT2D eigenvalue weighted by Crippen LogP contribution is -2.54. The summed E-state index contributed by atoms with van der Waals surface area (Å²) in [5.41, 5.74) is 9.72. The van der Waals surface area contributed by atoms with E-state index in [-0.39, 0.29) is 0 Å². The van der Waals surface area contributed by atoms with Crippen LogP contribution in [-0.4, -0.2) is 29.7 Å². The number of aromatic nitrogens is 2. The number of nitrogens with one attached hydrogen (secondary N) is 1. The van der Waals surface area contributed by atoms with Crippen molar-refractivity contribution in [2.45, 2.75) is 45.3 Å². The van der Waals surface area contributed by atoms with Crippen LogP contribution in [0.25, 0.3) is 0 Å². The molecular formula is C20H31N5. The molecule has 0 radical (unpaired) electrons. The number of aryl methyl sites for hydroxylation is 1. The highest BCUT2D eigenvalue weighted by molar-refractivity contribution is 5.45. The molecule has 0 unspecified atom stereocenters. The Labute approximate surface area is 151 Å². The van der Waals surface area contributed by atoms with Crippen molar-refractivity contribution in [3.05, 3.63) is 54.1 Å². The molecule has 5 heteroatoms. The van der Waals surface area contributed by atoms with E-state index in [2.05, 4.69) is 58.3 Å². The predicted octanol–water partition coefficient (Wildman–Crippen LogP) is 2.97. The lowest BCUT2D eigenvalue weighted by molar-refractivity contribution is 0.253. The van der Waals surface area contributed by atoms with Crippen LogP contribution in [0.1, 0.15) is 37.9 Å². The summed E-state index contributed by atoms with van der Waals surface area (Å²) in [4.78, 5) is 10.6. The van der Waals surface area contributed by atoms with Crippen LogP contribution in [-0.2, 0) is 13.0 Å². The number of nitrogens with zero attached hydrogens (tertiary/aromatic N) is 3. The van der Waals surface area contributed by atoms with Gasteiger partial charge in [0.15, 0.2) is 0 Å². The van der Waals surface area contributed by atoms with Gasteiger partial charge in [0.25, 0.3) is 0 Å². The first-order chi connectivity index (χ1) is 11.9. The van der Waals surface area contributed by atoms with Gasteiger partial charge in [-0.25, -0.2) is 0 Å². The molecule has 0 bridgehead atoms. The fourth-order valence-electron chi connectivity index (χ4n) is 2.99. The number of anilines is 1. The van der Waals surface area contributed by atoms with Gasteiger partial charge in [-0.05, 0) is 42.9 Å². The molecule has 0 aliphatic carbocycles. The zero-order chi connectivity index (χ0) is 18.3. The molecule has 1 aromatic heterocycles. The molecule has 2 rings (SSSR count). The molecule has 0 aliphatic rings. The van der Waals surface area contributed by atoms with E-state index in [1.807, 2.05) is 20.3 Å². The zero-order valence-corrected chi connectivity index (χ0v) is 15.9. The summed E-state index contributed by atoms with van der Waals surface area (Å²) in [6, 6.07) is 8.58. The molecule has 0 amide bonds. The number of nitrogens with two attached hydrogens (primary N) is 1. The van der Waals surface area contributed by atoms with E-state index in [4.69, 9.17) is 5.73 Å². The van der Waals surface area contributed by atoms with E-state index in [0.29, 0.717) is 5.92 Å². The van der Waals surface area contributed by atoms with Crippen molar-refractivity contribution in [1.29, 1.82) is 0 Å². The molecule has 1 heterocycles. The summed E-state index contributed by atoms with van der Waals surface area (Å²) in [5, 5.41) is 3.58. The molecule has 1 aromatic carbocycles. The fraction of sp³-hybridized carbons (Fsp3) is 0.500. The molecule has 0 saturated carbocycles. The Morgan fingerprint density at radius 3 is 2.44 bits per heavy atom. The third kappa shape index (κ3) is 6.44. The van der Waals surface area contributed by atoms with Crippen LogP contribution in [0.5, 0.6) is 0 Å². The monoisotopic (exact) mass is 341 g/mol. The largest absolute Gasteiger partial charge is 0.378 e. The van der Waals surface area contributed by atoms with Gasteiger partial charge in [-0.3, -0.25) is 15.3 Å². The second kappa shape index (κ2) is 8.92. The summed E-state index contributed by atoms with van der Waals surface area (Å²) in [7, 11) is 4.10. The van der Waals surface area contributed by atoms with Gasteiger partial charge in [-0.2, -0.15) is 0 Å². The topological polar surface area (TPSA) is 67.1 Å². The first kappa shape index (κ1) is 19.3. The van der Waals surface area contributed by atoms with Crippen molar-refractivity contribution in [2.24, 2.45) is 11.7 Å². The summed E-state index contributed by atoms with van der Waals surface area (Å²) in [5.74, 6) is 0.524. The minimum Gasteiger partial charge on any atom is -0.378 e. The average Bonchev–Trinajstić information content (AvgIpc) is 2.59. The smallest absolute Gasteiger partial charge is 0.0670 e. The Kier molecular flexibility index (Phi) is 6.91. The van der Waals surface area contributed by atoms with Crippen molar-refractivity contribution in [3.63, 3.8) is 0 Å². The minimum absolute atomic E-state index is 0.411. The maximum atomic E-state index is 6.71. The van der Waals surface area contributed by atoms with Gasteiger partial charge in [0, 0.05) is 44.9 Å². The van der Waals surface area contributed by atoms with Crippen LogP contribution in [0.15, 0.2) is 42.9 Å². The summed E-state index contributed by atoms with van der Waals surface area (Å²) in [6.07, 6.45) is 7.82. The molecule has 5 nitrogen and oxygen atoms in total. The van der Waals surface area contributed by atoms with Crippen molar-refractivity contribution >= 4 is 5.69 Å². The fourth-order valence-corrected chi connectivity index (χ4v) is 2.99. The van der Waals surface area contributed by atoms with E-state index in [1.165, 1.54) is 11.3 Å². The van der Waals surface area contributed by atoms with E-state index in [0.717, 1.165) is 31.5 Å². The predicted molar refractivity (Wildman–Crippen MR) is 104 cm³/mol. The molecule has 25 heavy (non-hydrogen) atoms. The second-order valence-corrected chi connectivity index (χ2v) is 7.37. The Bertz CT molecular complexity index is 624. The third-order valence-electron chi connectivity index (χ3n) is 4.31. The first-order valence-corrected chi connectivity index (χ1v) is 8.93. The van der Waals surface area contributed by atoms with Crippen LogP contribution in [0, 0.1) is 5.92 Å². The van der Waals surface area contributed by atoms with Gasteiger partial charge in [-0.1, -0.05) is 26.0 Å². The highest BCUT2D eigenvalue weighted by atomic mass is 15.1. The molecular weight excluding hydrogens is 310 g/mol. The lowest BCUT2D eigenvalue weighted by atomic mass is 9.92. The van der Waals surface area contributed by atoms with Crippen molar-refractivity contribution < 1.29 is 0 Å². The molecule has 0 saturated heterocycles. The van der Waals surface area contributed by atoms with Crippen LogP contribution in [0.3, 0.4) is 0 Å². The Morgan fingerprint density at radius 1 is 1.16 bits per heavy atom. The Balaban J connectivity index is 1.98. The molecule has 1 atom stereocenters. The van der Waals surface area contributed by atoms with Gasteiger partial charge in [-0.15, -0.1) is 0 Å². The average molecular weight is 342 g/mol. The van der Waals surface area contributed by atoms with Gasteiger partial charge < -0.3 is 10.6 Å². The van der Waals surface area contributed by atoms with Crippen LogP contribution in [0.4, 0.5) is 5.69 Å². The molecule has 3 N–H and O–H groups in total. The highest BCUT2D eigenvalue weighted by Gasteiger charge is 2.25. The van der Waals surface area contributed by atoms with Gasteiger partial charge in [0.05, 0.1) is 11.4 Å². The standard InChI is InChI=1S/C20H31N5/c1-16(2)13-20(21,10-9-18-15-22-11-12-23-18)24-14-17-5-7-19(8-6-17)25(3)4/h5-8,11-12,15-16,24H,9-10,13-14,21H2,1-4H3/t20-/m1/s1.